The predicted molar refractivity (Wildman–Crippen MR) is 144 cm³/mol. The standard InChI is InChI=1S/C26H33F2N7O2.ClH/c27-24(28)25-30-20-3-1-2-4-21(20)35(25)23-13-22(34-7-11-37-12-8-34)31-26(32-23)29-14-19-16-33(17-19)15-18-5-9-36-10-6-18;/h1-4,13,18-19,24H,5-12,14-17H2,(H,29,31,32);1H. The molecule has 0 aliphatic carbocycles. The van der Waals surface area contributed by atoms with Gasteiger partial charge >= 0.3 is 0 Å². The molecular weight excluding hydrogens is 516 g/mol. The zero-order valence-electron chi connectivity index (χ0n) is 21.3. The molecule has 3 aromatic rings. The Morgan fingerprint density at radius 1 is 0.921 bits per heavy atom. The van der Waals surface area contributed by atoms with Gasteiger partial charge in [-0.1, -0.05) is 12.1 Å². The summed E-state index contributed by atoms with van der Waals surface area (Å²) in [5.74, 6) is 2.44. The van der Waals surface area contributed by atoms with Crippen LogP contribution in [0.5, 0.6) is 0 Å². The molecule has 206 valence electrons. The molecular formula is C26H34ClF2N7O2. The van der Waals surface area contributed by atoms with Crippen molar-refractivity contribution < 1.29 is 18.3 Å². The molecule has 0 radical (unpaired) electrons. The number of likely N-dealkylation sites (tertiary alicyclic amines) is 1. The van der Waals surface area contributed by atoms with Crippen molar-refractivity contribution in [2.75, 3.05) is 75.9 Å². The topological polar surface area (TPSA) is 80.6 Å². The van der Waals surface area contributed by atoms with E-state index in [-0.39, 0.29) is 18.2 Å². The lowest BCUT2D eigenvalue weighted by Crippen LogP contribution is -2.51. The Hall–Kier alpha value is -2.60. The van der Waals surface area contributed by atoms with Gasteiger partial charge in [-0.15, -0.1) is 12.4 Å². The number of alkyl halides is 2. The van der Waals surface area contributed by atoms with Crippen molar-refractivity contribution in [2.45, 2.75) is 19.3 Å². The van der Waals surface area contributed by atoms with Gasteiger partial charge in [0.25, 0.3) is 6.43 Å². The highest BCUT2D eigenvalue weighted by molar-refractivity contribution is 5.85. The molecule has 3 fully saturated rings. The van der Waals surface area contributed by atoms with Gasteiger partial charge in [-0.3, -0.25) is 4.57 Å². The monoisotopic (exact) mass is 549 g/mol. The summed E-state index contributed by atoms with van der Waals surface area (Å²) in [6.07, 6.45) is -0.441. The average molecular weight is 550 g/mol. The zero-order valence-corrected chi connectivity index (χ0v) is 22.1. The number of para-hydroxylation sites is 2. The van der Waals surface area contributed by atoms with E-state index in [9.17, 15) is 8.78 Å². The van der Waals surface area contributed by atoms with Gasteiger partial charge in [0.05, 0.1) is 24.2 Å². The SMILES string of the molecule is Cl.FC(F)c1nc2ccccc2n1-c1cc(N2CCOCC2)nc(NCC2CN(CC3CCOCC3)C2)n1. The lowest BCUT2D eigenvalue weighted by Gasteiger charge is -2.41. The largest absolute Gasteiger partial charge is 0.381 e. The van der Waals surface area contributed by atoms with E-state index >= 15 is 0 Å². The van der Waals surface area contributed by atoms with Crippen molar-refractivity contribution in [3.05, 3.63) is 36.2 Å². The molecule has 5 heterocycles. The van der Waals surface area contributed by atoms with Crippen molar-refractivity contribution in [2.24, 2.45) is 11.8 Å². The van der Waals surface area contributed by atoms with E-state index in [4.69, 9.17) is 14.5 Å². The van der Waals surface area contributed by atoms with E-state index in [1.165, 1.54) is 4.57 Å². The summed E-state index contributed by atoms with van der Waals surface area (Å²) in [6.45, 7) is 8.29. The third-order valence-corrected chi connectivity index (χ3v) is 7.48. The van der Waals surface area contributed by atoms with E-state index in [2.05, 4.69) is 25.1 Å². The number of hydrogen-bond acceptors (Lipinski definition) is 8. The summed E-state index contributed by atoms with van der Waals surface area (Å²) in [4.78, 5) is 18.3. The molecule has 0 bridgehead atoms. The van der Waals surface area contributed by atoms with E-state index in [0.29, 0.717) is 60.8 Å². The Kier molecular flexibility index (Phi) is 8.57. The number of nitrogens with one attached hydrogen (secondary N) is 1. The second kappa shape index (κ2) is 12.1. The Balaban J connectivity index is 0.00000294. The van der Waals surface area contributed by atoms with Crippen LogP contribution < -0.4 is 10.2 Å². The summed E-state index contributed by atoms with van der Waals surface area (Å²) in [6, 6.07) is 8.92. The van der Waals surface area contributed by atoms with Crippen molar-refractivity contribution in [1.82, 2.24) is 24.4 Å². The highest BCUT2D eigenvalue weighted by Gasteiger charge is 2.29. The number of halogens is 3. The van der Waals surface area contributed by atoms with E-state index in [1.807, 2.05) is 6.07 Å². The number of morpholine rings is 1. The second-order valence-corrected chi connectivity index (χ2v) is 10.1. The van der Waals surface area contributed by atoms with Crippen LogP contribution in [0.1, 0.15) is 25.1 Å². The highest BCUT2D eigenvalue weighted by Crippen LogP contribution is 2.29. The third kappa shape index (κ3) is 5.85. The van der Waals surface area contributed by atoms with Crippen molar-refractivity contribution in [3.8, 4) is 5.82 Å². The smallest absolute Gasteiger partial charge is 0.296 e. The van der Waals surface area contributed by atoms with E-state index in [0.717, 1.165) is 58.2 Å². The molecule has 2 aromatic heterocycles. The molecule has 0 spiro atoms. The van der Waals surface area contributed by atoms with Gasteiger partial charge in [0.15, 0.2) is 5.82 Å². The molecule has 0 amide bonds. The van der Waals surface area contributed by atoms with Gasteiger partial charge in [-0.2, -0.15) is 9.97 Å². The molecule has 0 saturated carbocycles. The molecule has 6 rings (SSSR count). The highest BCUT2D eigenvalue weighted by atomic mass is 35.5. The minimum atomic E-state index is -2.73. The van der Waals surface area contributed by atoms with Crippen molar-refractivity contribution in [3.63, 3.8) is 0 Å². The van der Waals surface area contributed by atoms with Crippen LogP contribution in [0.3, 0.4) is 0 Å². The molecule has 1 aromatic carbocycles. The molecule has 3 saturated heterocycles. The number of benzene rings is 1. The van der Waals surface area contributed by atoms with Crippen molar-refractivity contribution in [1.29, 1.82) is 0 Å². The van der Waals surface area contributed by atoms with Crippen LogP contribution in [0.15, 0.2) is 30.3 Å². The normalized spacial score (nSPS) is 19.5. The summed E-state index contributed by atoms with van der Waals surface area (Å²) in [5, 5.41) is 3.40. The number of ether oxygens (including phenoxy) is 2. The summed E-state index contributed by atoms with van der Waals surface area (Å²) < 4.78 is 40.5. The molecule has 38 heavy (non-hydrogen) atoms. The molecule has 1 N–H and O–H groups in total. The van der Waals surface area contributed by atoms with Crippen LogP contribution in [0.25, 0.3) is 16.9 Å². The number of nitrogens with zero attached hydrogens (tertiary/aromatic N) is 6. The quantitative estimate of drug-likeness (QED) is 0.455. The lowest BCUT2D eigenvalue weighted by atomic mass is 9.94. The Morgan fingerprint density at radius 2 is 1.63 bits per heavy atom. The first kappa shape index (κ1) is 27.0. The van der Waals surface area contributed by atoms with Crippen LogP contribution in [-0.2, 0) is 9.47 Å². The fraction of sp³-hybridized carbons (Fsp3) is 0.577. The number of hydrogen-bond donors (Lipinski definition) is 1. The summed E-state index contributed by atoms with van der Waals surface area (Å²) in [7, 11) is 0. The molecule has 9 nitrogen and oxygen atoms in total. The van der Waals surface area contributed by atoms with Crippen molar-refractivity contribution >= 4 is 35.2 Å². The van der Waals surface area contributed by atoms with E-state index in [1.54, 1.807) is 24.3 Å². The average Bonchev–Trinajstić information content (AvgIpc) is 3.31. The fourth-order valence-corrected chi connectivity index (χ4v) is 5.49. The third-order valence-electron chi connectivity index (χ3n) is 7.48. The maximum Gasteiger partial charge on any atom is 0.296 e. The van der Waals surface area contributed by atoms with Crippen LogP contribution in [-0.4, -0.2) is 90.1 Å². The minimum absolute atomic E-state index is 0. The van der Waals surface area contributed by atoms with E-state index < -0.39 is 6.43 Å². The van der Waals surface area contributed by atoms with Gasteiger partial charge < -0.3 is 24.6 Å². The van der Waals surface area contributed by atoms with Crippen LogP contribution in [0.4, 0.5) is 20.5 Å². The Labute approximate surface area is 226 Å². The predicted octanol–water partition coefficient (Wildman–Crippen LogP) is 3.78. The fourth-order valence-electron chi connectivity index (χ4n) is 5.49. The number of fused-ring (bicyclic) bond motifs is 1. The number of rotatable bonds is 8. The molecule has 12 heteroatoms. The van der Waals surface area contributed by atoms with Crippen LogP contribution in [0, 0.1) is 11.8 Å². The van der Waals surface area contributed by atoms with Gasteiger partial charge in [-0.05, 0) is 30.9 Å². The molecule has 3 aliphatic heterocycles. The second-order valence-electron chi connectivity index (χ2n) is 10.1. The number of imidazole rings is 1. The molecule has 0 unspecified atom stereocenters. The zero-order chi connectivity index (χ0) is 25.2. The summed E-state index contributed by atoms with van der Waals surface area (Å²) >= 11 is 0. The van der Waals surface area contributed by atoms with Gasteiger partial charge in [0, 0.05) is 64.5 Å². The molecule has 0 atom stereocenters. The summed E-state index contributed by atoms with van der Waals surface area (Å²) in [5.41, 5.74) is 1.11. The minimum Gasteiger partial charge on any atom is -0.381 e. The Bertz CT molecular complexity index is 1210. The van der Waals surface area contributed by atoms with Gasteiger partial charge in [0.2, 0.25) is 5.95 Å². The van der Waals surface area contributed by atoms with Gasteiger partial charge in [-0.25, -0.2) is 13.8 Å². The first-order valence-corrected chi connectivity index (χ1v) is 13.2. The first-order chi connectivity index (χ1) is 18.1. The number of anilines is 2. The number of aromatic nitrogens is 4. The first-order valence-electron chi connectivity index (χ1n) is 13.2. The van der Waals surface area contributed by atoms with Crippen LogP contribution in [0.2, 0.25) is 0 Å². The van der Waals surface area contributed by atoms with Gasteiger partial charge in [0.1, 0.15) is 11.6 Å². The molecule has 3 aliphatic rings. The van der Waals surface area contributed by atoms with Crippen LogP contribution >= 0.6 is 12.4 Å². The lowest BCUT2D eigenvalue weighted by molar-refractivity contribution is 0.0277. The maximum atomic E-state index is 14.0. The Morgan fingerprint density at radius 3 is 2.39 bits per heavy atom. The maximum absolute atomic E-state index is 14.0.